The van der Waals surface area contributed by atoms with E-state index in [1.807, 2.05) is 30.3 Å². The largest absolute Gasteiger partial charge is 0.445 e. The molecule has 19 heavy (non-hydrogen) atoms. The number of carbonyl (C=O) groups excluding carboxylic acids is 2. The number of amides is 1. The average molecular weight is 261 g/mol. The standard InChI is InChI=1S/C15H19NO3/c17-12-15(9-5-2-6-10-15)16-14(18)19-11-13-7-3-1-4-8-13/h1,3-4,7-8,12H,2,5-6,9-11H2,(H,16,18). The van der Waals surface area contributed by atoms with E-state index in [2.05, 4.69) is 5.32 Å². The fraction of sp³-hybridized carbons (Fsp3) is 0.467. The third-order valence-electron chi connectivity index (χ3n) is 3.54. The van der Waals surface area contributed by atoms with Crippen molar-refractivity contribution in [2.24, 2.45) is 0 Å². The van der Waals surface area contributed by atoms with Crippen LogP contribution in [0.25, 0.3) is 0 Å². The molecule has 1 aromatic carbocycles. The second kappa shape index (κ2) is 6.36. The summed E-state index contributed by atoms with van der Waals surface area (Å²) < 4.78 is 5.15. The van der Waals surface area contributed by atoms with Crippen LogP contribution >= 0.6 is 0 Å². The van der Waals surface area contributed by atoms with Gasteiger partial charge in [-0.25, -0.2) is 4.79 Å². The van der Waals surface area contributed by atoms with Crippen molar-refractivity contribution in [2.75, 3.05) is 0 Å². The first-order valence-electron chi connectivity index (χ1n) is 6.69. The van der Waals surface area contributed by atoms with Gasteiger partial charge < -0.3 is 14.8 Å². The Morgan fingerprint density at radius 3 is 2.53 bits per heavy atom. The predicted octanol–water partition coefficient (Wildman–Crippen LogP) is 2.81. The van der Waals surface area contributed by atoms with Gasteiger partial charge in [-0.15, -0.1) is 0 Å². The lowest BCUT2D eigenvalue weighted by Crippen LogP contribution is -2.51. The highest BCUT2D eigenvalue weighted by Gasteiger charge is 2.33. The molecule has 0 heterocycles. The number of carbonyl (C=O) groups is 2. The van der Waals surface area contributed by atoms with Gasteiger partial charge in [0.2, 0.25) is 0 Å². The van der Waals surface area contributed by atoms with Crippen molar-refractivity contribution in [3.8, 4) is 0 Å². The van der Waals surface area contributed by atoms with Crippen LogP contribution in [0.1, 0.15) is 37.7 Å². The maximum absolute atomic E-state index is 11.8. The normalized spacial score (nSPS) is 17.5. The minimum absolute atomic E-state index is 0.224. The Morgan fingerprint density at radius 2 is 1.89 bits per heavy atom. The summed E-state index contributed by atoms with van der Waals surface area (Å²) in [7, 11) is 0. The smallest absolute Gasteiger partial charge is 0.408 e. The average Bonchev–Trinajstić information content (AvgIpc) is 2.47. The molecule has 0 spiro atoms. The first-order valence-corrected chi connectivity index (χ1v) is 6.69. The fourth-order valence-electron chi connectivity index (χ4n) is 2.42. The summed E-state index contributed by atoms with van der Waals surface area (Å²) in [6.07, 6.45) is 4.81. The SMILES string of the molecule is O=CC1(NC(=O)OCc2ccccc2)CCCCC1. The molecule has 0 atom stereocenters. The molecule has 1 aliphatic rings. The summed E-state index contributed by atoms with van der Waals surface area (Å²) >= 11 is 0. The lowest BCUT2D eigenvalue weighted by Gasteiger charge is -2.32. The van der Waals surface area contributed by atoms with Crippen LogP contribution in [0.15, 0.2) is 30.3 Å². The zero-order valence-corrected chi connectivity index (χ0v) is 10.9. The molecule has 0 saturated heterocycles. The van der Waals surface area contributed by atoms with Crippen molar-refractivity contribution < 1.29 is 14.3 Å². The highest BCUT2D eigenvalue weighted by Crippen LogP contribution is 2.26. The van der Waals surface area contributed by atoms with E-state index in [4.69, 9.17) is 4.74 Å². The van der Waals surface area contributed by atoms with E-state index in [1.54, 1.807) is 0 Å². The summed E-state index contributed by atoms with van der Waals surface area (Å²) in [5.41, 5.74) is 0.216. The van der Waals surface area contributed by atoms with Gasteiger partial charge in [0.1, 0.15) is 12.9 Å². The molecule has 1 N–H and O–H groups in total. The van der Waals surface area contributed by atoms with Crippen LogP contribution in [0, 0.1) is 0 Å². The first kappa shape index (κ1) is 13.6. The minimum Gasteiger partial charge on any atom is -0.445 e. The number of hydrogen-bond donors (Lipinski definition) is 1. The van der Waals surface area contributed by atoms with Gasteiger partial charge in [-0.2, -0.15) is 0 Å². The van der Waals surface area contributed by atoms with Gasteiger partial charge in [0.05, 0.1) is 5.54 Å². The Kier molecular flexibility index (Phi) is 4.55. The number of ether oxygens (including phenoxy) is 1. The summed E-state index contributed by atoms with van der Waals surface area (Å²) in [5, 5.41) is 2.72. The zero-order chi connectivity index (χ0) is 13.6. The number of benzene rings is 1. The van der Waals surface area contributed by atoms with Crippen LogP contribution in [-0.4, -0.2) is 17.9 Å². The number of nitrogens with one attached hydrogen (secondary N) is 1. The summed E-state index contributed by atoms with van der Waals surface area (Å²) in [4.78, 5) is 23.0. The Hall–Kier alpha value is -1.84. The van der Waals surface area contributed by atoms with Crippen LogP contribution in [0.2, 0.25) is 0 Å². The summed E-state index contributed by atoms with van der Waals surface area (Å²) in [5.74, 6) is 0. The molecular formula is C15H19NO3. The van der Waals surface area contributed by atoms with E-state index in [1.165, 1.54) is 0 Å². The Bertz CT molecular complexity index is 424. The number of alkyl carbamates (subject to hydrolysis) is 1. The lowest BCUT2D eigenvalue weighted by atomic mass is 9.83. The van der Waals surface area contributed by atoms with E-state index in [9.17, 15) is 9.59 Å². The molecule has 2 rings (SSSR count). The first-order chi connectivity index (χ1) is 9.24. The third kappa shape index (κ3) is 3.81. The lowest BCUT2D eigenvalue weighted by molar-refractivity contribution is -0.114. The van der Waals surface area contributed by atoms with Gasteiger partial charge in [0.25, 0.3) is 0 Å². The minimum atomic E-state index is -0.716. The Morgan fingerprint density at radius 1 is 1.21 bits per heavy atom. The van der Waals surface area contributed by atoms with E-state index in [0.29, 0.717) is 12.8 Å². The van der Waals surface area contributed by atoms with Gasteiger partial charge >= 0.3 is 6.09 Å². The molecule has 1 fully saturated rings. The molecule has 0 bridgehead atoms. The van der Waals surface area contributed by atoms with Crippen LogP contribution in [-0.2, 0) is 16.1 Å². The molecule has 1 aromatic rings. The molecule has 1 saturated carbocycles. The van der Waals surface area contributed by atoms with Crippen molar-refractivity contribution in [2.45, 2.75) is 44.2 Å². The zero-order valence-electron chi connectivity index (χ0n) is 10.9. The van der Waals surface area contributed by atoms with Crippen LogP contribution in [0.3, 0.4) is 0 Å². The monoisotopic (exact) mass is 261 g/mol. The van der Waals surface area contributed by atoms with Crippen LogP contribution in [0.5, 0.6) is 0 Å². The maximum atomic E-state index is 11.8. The second-order valence-electron chi connectivity index (χ2n) is 5.02. The highest BCUT2D eigenvalue weighted by atomic mass is 16.5. The van der Waals surface area contributed by atoms with Gasteiger partial charge in [-0.3, -0.25) is 0 Å². The van der Waals surface area contributed by atoms with Crippen molar-refractivity contribution in [1.29, 1.82) is 0 Å². The van der Waals surface area contributed by atoms with Crippen LogP contribution < -0.4 is 5.32 Å². The quantitative estimate of drug-likeness (QED) is 0.848. The molecule has 102 valence electrons. The topological polar surface area (TPSA) is 55.4 Å². The van der Waals surface area contributed by atoms with Gasteiger partial charge in [0, 0.05) is 0 Å². The fourth-order valence-corrected chi connectivity index (χ4v) is 2.42. The van der Waals surface area contributed by atoms with Gasteiger partial charge in [-0.05, 0) is 18.4 Å². The molecule has 1 amide bonds. The molecule has 0 aliphatic heterocycles. The van der Waals surface area contributed by atoms with E-state index >= 15 is 0 Å². The van der Waals surface area contributed by atoms with Crippen molar-refractivity contribution >= 4 is 12.4 Å². The van der Waals surface area contributed by atoms with E-state index < -0.39 is 11.6 Å². The van der Waals surface area contributed by atoms with E-state index in [0.717, 1.165) is 31.1 Å². The van der Waals surface area contributed by atoms with Gasteiger partial charge in [-0.1, -0.05) is 49.6 Å². The Balaban J connectivity index is 1.84. The number of aldehydes is 1. The highest BCUT2D eigenvalue weighted by molar-refractivity contribution is 5.76. The molecule has 0 radical (unpaired) electrons. The third-order valence-corrected chi connectivity index (χ3v) is 3.54. The van der Waals surface area contributed by atoms with Crippen molar-refractivity contribution in [3.05, 3.63) is 35.9 Å². The predicted molar refractivity (Wildman–Crippen MR) is 71.6 cm³/mol. The summed E-state index contributed by atoms with van der Waals surface area (Å²) in [6, 6.07) is 9.48. The molecule has 1 aliphatic carbocycles. The number of rotatable bonds is 4. The van der Waals surface area contributed by atoms with Crippen molar-refractivity contribution in [3.63, 3.8) is 0 Å². The van der Waals surface area contributed by atoms with Crippen molar-refractivity contribution in [1.82, 2.24) is 5.32 Å². The summed E-state index contributed by atoms with van der Waals surface area (Å²) in [6.45, 7) is 0.224. The molecular weight excluding hydrogens is 242 g/mol. The molecule has 4 nitrogen and oxygen atoms in total. The molecule has 0 unspecified atom stereocenters. The van der Waals surface area contributed by atoms with Gasteiger partial charge in [0.15, 0.2) is 0 Å². The van der Waals surface area contributed by atoms with E-state index in [-0.39, 0.29) is 6.61 Å². The molecule has 4 heteroatoms. The second-order valence-corrected chi connectivity index (χ2v) is 5.02. The number of hydrogen-bond acceptors (Lipinski definition) is 3. The Labute approximate surface area is 113 Å². The molecule has 0 aromatic heterocycles. The maximum Gasteiger partial charge on any atom is 0.408 e. The van der Waals surface area contributed by atoms with Crippen LogP contribution in [0.4, 0.5) is 4.79 Å².